The largest absolute Gasteiger partial charge is 0.384 e. The van der Waals surface area contributed by atoms with E-state index in [4.69, 9.17) is 23.2 Å². The summed E-state index contributed by atoms with van der Waals surface area (Å²) < 4.78 is 1.70. The van der Waals surface area contributed by atoms with Crippen LogP contribution in [0.4, 0.5) is 0 Å². The number of aliphatic hydroxyl groups excluding tert-OH is 1. The number of rotatable bonds is 2. The third-order valence-corrected chi connectivity index (χ3v) is 4.30. The van der Waals surface area contributed by atoms with Crippen molar-refractivity contribution >= 4 is 55.1 Å². The van der Waals surface area contributed by atoms with Gasteiger partial charge in [0, 0.05) is 30.1 Å². The maximum absolute atomic E-state index is 10.4. The van der Waals surface area contributed by atoms with Crippen LogP contribution in [-0.4, -0.2) is 5.11 Å². The van der Waals surface area contributed by atoms with E-state index in [2.05, 4.69) is 31.9 Å². The van der Waals surface area contributed by atoms with Gasteiger partial charge in [0.15, 0.2) is 0 Å². The Morgan fingerprint density at radius 3 is 2.39 bits per heavy atom. The lowest BCUT2D eigenvalue weighted by molar-refractivity contribution is 0.219. The molecule has 0 heterocycles. The summed E-state index contributed by atoms with van der Waals surface area (Å²) in [6.07, 6.45) is -0.830. The fourth-order valence-electron chi connectivity index (χ4n) is 1.62. The Morgan fingerprint density at radius 1 is 0.944 bits per heavy atom. The van der Waals surface area contributed by atoms with E-state index in [-0.39, 0.29) is 0 Å². The zero-order valence-corrected chi connectivity index (χ0v) is 13.7. The van der Waals surface area contributed by atoms with Crippen molar-refractivity contribution < 1.29 is 5.11 Å². The molecule has 1 unspecified atom stereocenters. The molecule has 0 fully saturated rings. The molecule has 18 heavy (non-hydrogen) atoms. The van der Waals surface area contributed by atoms with Crippen molar-refractivity contribution in [3.8, 4) is 0 Å². The average molecular weight is 411 g/mol. The standard InChI is InChI=1S/C13H8Br2Cl2O/c14-7-1-3-11(15)9(5-7)13(18)10-6-8(16)2-4-12(10)17/h1-6,13,18H. The van der Waals surface area contributed by atoms with E-state index in [0.717, 1.165) is 14.5 Å². The molecule has 0 spiro atoms. The monoisotopic (exact) mass is 408 g/mol. The van der Waals surface area contributed by atoms with Crippen molar-refractivity contribution in [3.63, 3.8) is 0 Å². The van der Waals surface area contributed by atoms with Crippen molar-refractivity contribution in [2.75, 3.05) is 0 Å². The summed E-state index contributed by atoms with van der Waals surface area (Å²) in [5.74, 6) is 0. The lowest BCUT2D eigenvalue weighted by atomic mass is 10.0. The second-order valence-electron chi connectivity index (χ2n) is 3.73. The highest BCUT2D eigenvalue weighted by Crippen LogP contribution is 2.35. The highest BCUT2D eigenvalue weighted by atomic mass is 79.9. The van der Waals surface area contributed by atoms with Gasteiger partial charge in [0.2, 0.25) is 0 Å². The molecular weight excluding hydrogens is 403 g/mol. The maximum Gasteiger partial charge on any atom is 0.107 e. The van der Waals surface area contributed by atoms with Crippen LogP contribution in [0.15, 0.2) is 45.3 Å². The molecule has 0 radical (unpaired) electrons. The van der Waals surface area contributed by atoms with Crippen molar-refractivity contribution in [2.45, 2.75) is 6.10 Å². The van der Waals surface area contributed by atoms with Gasteiger partial charge in [-0.25, -0.2) is 0 Å². The summed E-state index contributed by atoms with van der Waals surface area (Å²) in [5.41, 5.74) is 1.32. The highest BCUT2D eigenvalue weighted by molar-refractivity contribution is 9.11. The second kappa shape index (κ2) is 5.93. The van der Waals surface area contributed by atoms with Crippen LogP contribution < -0.4 is 0 Å². The van der Waals surface area contributed by atoms with Crippen LogP contribution in [0, 0.1) is 0 Å². The predicted octanol–water partition coefficient (Wildman–Crippen LogP) is 5.60. The van der Waals surface area contributed by atoms with Gasteiger partial charge in [-0.3, -0.25) is 0 Å². The lowest BCUT2D eigenvalue weighted by Crippen LogP contribution is -2.01. The molecule has 1 N–H and O–H groups in total. The van der Waals surface area contributed by atoms with Gasteiger partial charge in [-0.15, -0.1) is 0 Å². The Balaban J connectivity index is 2.50. The SMILES string of the molecule is OC(c1cc(Cl)ccc1Cl)c1cc(Br)ccc1Br. The van der Waals surface area contributed by atoms with E-state index in [1.54, 1.807) is 18.2 Å². The zero-order valence-electron chi connectivity index (χ0n) is 9.00. The number of hydrogen-bond acceptors (Lipinski definition) is 1. The van der Waals surface area contributed by atoms with Gasteiger partial charge in [0.1, 0.15) is 6.10 Å². The molecule has 0 aromatic heterocycles. The number of benzene rings is 2. The summed E-state index contributed by atoms with van der Waals surface area (Å²) in [6.45, 7) is 0. The molecule has 2 rings (SSSR count). The quantitative estimate of drug-likeness (QED) is 0.683. The molecule has 0 saturated heterocycles. The molecule has 1 nitrogen and oxygen atoms in total. The first kappa shape index (κ1) is 14.4. The Bertz CT molecular complexity index is 536. The Morgan fingerprint density at radius 2 is 1.67 bits per heavy atom. The van der Waals surface area contributed by atoms with Crippen LogP contribution in [-0.2, 0) is 0 Å². The van der Waals surface area contributed by atoms with Gasteiger partial charge < -0.3 is 5.11 Å². The number of aliphatic hydroxyl groups is 1. The van der Waals surface area contributed by atoms with Crippen LogP contribution in [0.5, 0.6) is 0 Å². The van der Waals surface area contributed by atoms with Crippen LogP contribution >= 0.6 is 55.1 Å². The molecule has 5 heteroatoms. The first-order valence-corrected chi connectivity index (χ1v) is 7.41. The Kier molecular flexibility index (Phi) is 4.73. The van der Waals surface area contributed by atoms with Crippen molar-refractivity contribution in [3.05, 3.63) is 66.5 Å². The minimum atomic E-state index is -0.830. The maximum atomic E-state index is 10.4. The molecule has 2 aromatic rings. The third kappa shape index (κ3) is 3.09. The molecule has 2 aromatic carbocycles. The van der Waals surface area contributed by atoms with E-state index < -0.39 is 6.10 Å². The van der Waals surface area contributed by atoms with Gasteiger partial charge in [-0.1, -0.05) is 55.1 Å². The topological polar surface area (TPSA) is 20.2 Å². The van der Waals surface area contributed by atoms with E-state index in [1.165, 1.54) is 0 Å². The first-order chi connectivity index (χ1) is 8.49. The van der Waals surface area contributed by atoms with Gasteiger partial charge in [0.25, 0.3) is 0 Å². The fraction of sp³-hybridized carbons (Fsp3) is 0.0769. The van der Waals surface area contributed by atoms with Gasteiger partial charge in [-0.2, -0.15) is 0 Å². The molecule has 0 aliphatic heterocycles. The van der Waals surface area contributed by atoms with Crippen molar-refractivity contribution in [2.24, 2.45) is 0 Å². The molecule has 0 amide bonds. The lowest BCUT2D eigenvalue weighted by Gasteiger charge is -2.15. The second-order valence-corrected chi connectivity index (χ2v) is 6.35. The van der Waals surface area contributed by atoms with E-state index in [0.29, 0.717) is 15.6 Å². The van der Waals surface area contributed by atoms with E-state index in [9.17, 15) is 5.11 Å². The van der Waals surface area contributed by atoms with Crippen molar-refractivity contribution in [1.29, 1.82) is 0 Å². The zero-order chi connectivity index (χ0) is 13.3. The fourth-order valence-corrected chi connectivity index (χ4v) is 2.86. The summed E-state index contributed by atoms with van der Waals surface area (Å²) in [6, 6.07) is 10.6. The Labute approximate surface area is 132 Å². The third-order valence-electron chi connectivity index (χ3n) is 2.51. The normalized spacial score (nSPS) is 12.5. The number of hydrogen-bond donors (Lipinski definition) is 1. The van der Waals surface area contributed by atoms with Gasteiger partial charge in [0.05, 0.1) is 0 Å². The predicted molar refractivity (Wildman–Crippen MR) is 82.4 cm³/mol. The molecule has 1 atom stereocenters. The van der Waals surface area contributed by atoms with E-state index in [1.807, 2.05) is 18.2 Å². The summed E-state index contributed by atoms with van der Waals surface area (Å²) in [7, 11) is 0. The molecular formula is C13H8Br2Cl2O. The average Bonchev–Trinajstić information content (AvgIpc) is 2.34. The van der Waals surface area contributed by atoms with Crippen LogP contribution in [0.2, 0.25) is 10.0 Å². The number of halogens is 4. The van der Waals surface area contributed by atoms with Gasteiger partial charge >= 0.3 is 0 Å². The molecule has 0 bridgehead atoms. The van der Waals surface area contributed by atoms with Crippen LogP contribution in [0.25, 0.3) is 0 Å². The minimum absolute atomic E-state index is 0.485. The summed E-state index contributed by atoms with van der Waals surface area (Å²) >= 11 is 18.8. The van der Waals surface area contributed by atoms with Crippen LogP contribution in [0.3, 0.4) is 0 Å². The smallest absolute Gasteiger partial charge is 0.107 e. The molecule has 0 saturated carbocycles. The highest BCUT2D eigenvalue weighted by Gasteiger charge is 2.17. The molecule has 0 aliphatic rings. The van der Waals surface area contributed by atoms with Crippen molar-refractivity contribution in [1.82, 2.24) is 0 Å². The van der Waals surface area contributed by atoms with E-state index >= 15 is 0 Å². The minimum Gasteiger partial charge on any atom is -0.384 e. The Hall–Kier alpha value is -0.0600. The molecule has 94 valence electrons. The molecule has 0 aliphatic carbocycles. The summed E-state index contributed by atoms with van der Waals surface area (Å²) in [4.78, 5) is 0. The first-order valence-electron chi connectivity index (χ1n) is 5.07. The van der Waals surface area contributed by atoms with Crippen LogP contribution in [0.1, 0.15) is 17.2 Å². The summed E-state index contributed by atoms with van der Waals surface area (Å²) in [5, 5.41) is 11.4. The van der Waals surface area contributed by atoms with Gasteiger partial charge in [-0.05, 0) is 36.4 Å².